The fourth-order valence-electron chi connectivity index (χ4n) is 1.97. The zero-order chi connectivity index (χ0) is 11.9. The SMILES string of the molecule is O/C=C/CCc1ccccc1C1OCCCO1. The minimum atomic E-state index is -0.224. The summed E-state index contributed by atoms with van der Waals surface area (Å²) in [6.45, 7) is 1.52. The lowest BCUT2D eigenvalue weighted by Gasteiger charge is -2.25. The van der Waals surface area contributed by atoms with Gasteiger partial charge in [0.2, 0.25) is 0 Å². The summed E-state index contributed by atoms with van der Waals surface area (Å²) in [5.74, 6) is 0. The second kappa shape index (κ2) is 6.42. The van der Waals surface area contributed by atoms with E-state index in [1.807, 2.05) is 18.2 Å². The zero-order valence-electron chi connectivity index (χ0n) is 9.84. The fourth-order valence-corrected chi connectivity index (χ4v) is 1.97. The molecular formula is C14H18O3. The molecule has 0 radical (unpaired) electrons. The lowest BCUT2D eigenvalue weighted by atomic mass is 10.0. The van der Waals surface area contributed by atoms with Crippen LogP contribution in [0.2, 0.25) is 0 Å². The first-order valence-electron chi connectivity index (χ1n) is 6.02. The molecule has 1 fully saturated rings. The summed E-state index contributed by atoms with van der Waals surface area (Å²) in [7, 11) is 0. The number of benzene rings is 1. The molecule has 0 bridgehead atoms. The second-order valence-electron chi connectivity index (χ2n) is 4.05. The standard InChI is InChI=1S/C14H18O3/c15-9-4-3-7-12-6-1-2-8-13(12)14-16-10-5-11-17-14/h1-2,4,6,8-9,14-15H,3,5,7,10-11H2/b9-4+. The molecular weight excluding hydrogens is 216 g/mol. The predicted molar refractivity (Wildman–Crippen MR) is 65.8 cm³/mol. The molecule has 1 aromatic carbocycles. The number of hydrogen-bond donors (Lipinski definition) is 1. The second-order valence-corrected chi connectivity index (χ2v) is 4.05. The number of aliphatic hydroxyl groups excluding tert-OH is 1. The van der Waals surface area contributed by atoms with Crippen LogP contribution in [0.5, 0.6) is 0 Å². The van der Waals surface area contributed by atoms with Crippen LogP contribution in [0, 0.1) is 0 Å². The summed E-state index contributed by atoms with van der Waals surface area (Å²) in [6.07, 6.45) is 5.29. The Morgan fingerprint density at radius 2 is 2.00 bits per heavy atom. The third kappa shape index (κ3) is 3.32. The van der Waals surface area contributed by atoms with Gasteiger partial charge in [0.25, 0.3) is 0 Å². The van der Waals surface area contributed by atoms with E-state index >= 15 is 0 Å². The molecule has 3 heteroatoms. The molecule has 0 atom stereocenters. The van der Waals surface area contributed by atoms with Crippen LogP contribution in [0.15, 0.2) is 36.6 Å². The molecule has 17 heavy (non-hydrogen) atoms. The highest BCUT2D eigenvalue weighted by atomic mass is 16.7. The maximum atomic E-state index is 8.63. The first-order chi connectivity index (χ1) is 8.42. The van der Waals surface area contributed by atoms with Crippen LogP contribution in [-0.2, 0) is 15.9 Å². The van der Waals surface area contributed by atoms with Crippen LogP contribution < -0.4 is 0 Å². The van der Waals surface area contributed by atoms with E-state index < -0.39 is 0 Å². The van der Waals surface area contributed by atoms with E-state index in [0.717, 1.165) is 44.3 Å². The van der Waals surface area contributed by atoms with Gasteiger partial charge in [0.1, 0.15) is 0 Å². The lowest BCUT2D eigenvalue weighted by molar-refractivity contribution is -0.183. The Labute approximate surface area is 102 Å². The van der Waals surface area contributed by atoms with Crippen molar-refractivity contribution in [1.29, 1.82) is 0 Å². The molecule has 0 unspecified atom stereocenters. The van der Waals surface area contributed by atoms with Crippen molar-refractivity contribution in [1.82, 2.24) is 0 Å². The van der Waals surface area contributed by atoms with Gasteiger partial charge < -0.3 is 14.6 Å². The molecule has 2 rings (SSSR count). The smallest absolute Gasteiger partial charge is 0.184 e. The molecule has 0 amide bonds. The Morgan fingerprint density at radius 3 is 2.76 bits per heavy atom. The van der Waals surface area contributed by atoms with Gasteiger partial charge in [-0.3, -0.25) is 0 Å². The van der Waals surface area contributed by atoms with Gasteiger partial charge in [0.15, 0.2) is 6.29 Å². The summed E-state index contributed by atoms with van der Waals surface area (Å²) < 4.78 is 11.2. The molecule has 92 valence electrons. The zero-order valence-corrected chi connectivity index (χ0v) is 9.84. The van der Waals surface area contributed by atoms with Crippen LogP contribution in [0.25, 0.3) is 0 Å². The van der Waals surface area contributed by atoms with E-state index in [9.17, 15) is 0 Å². The molecule has 1 aromatic rings. The van der Waals surface area contributed by atoms with E-state index in [1.165, 1.54) is 5.56 Å². The van der Waals surface area contributed by atoms with Crippen LogP contribution >= 0.6 is 0 Å². The Bertz CT molecular complexity index is 367. The molecule has 1 aliphatic heterocycles. The van der Waals surface area contributed by atoms with E-state index in [0.29, 0.717) is 0 Å². The minimum absolute atomic E-state index is 0.224. The van der Waals surface area contributed by atoms with Gasteiger partial charge in [-0.05, 0) is 30.9 Å². The summed E-state index contributed by atoms with van der Waals surface area (Å²) >= 11 is 0. The molecule has 0 saturated carbocycles. The summed E-state index contributed by atoms with van der Waals surface area (Å²) in [5.41, 5.74) is 2.33. The van der Waals surface area contributed by atoms with Crippen LogP contribution in [-0.4, -0.2) is 18.3 Å². The number of ether oxygens (including phenoxy) is 2. The van der Waals surface area contributed by atoms with Crippen molar-refractivity contribution in [3.8, 4) is 0 Å². The molecule has 0 aliphatic carbocycles. The van der Waals surface area contributed by atoms with Gasteiger partial charge in [-0.2, -0.15) is 0 Å². The molecule has 0 spiro atoms. The monoisotopic (exact) mass is 234 g/mol. The number of aliphatic hydroxyl groups is 1. The highest BCUT2D eigenvalue weighted by molar-refractivity contribution is 5.28. The maximum Gasteiger partial charge on any atom is 0.184 e. The molecule has 3 nitrogen and oxygen atoms in total. The highest BCUT2D eigenvalue weighted by Crippen LogP contribution is 2.26. The van der Waals surface area contributed by atoms with E-state index in [4.69, 9.17) is 14.6 Å². The van der Waals surface area contributed by atoms with Crippen molar-refractivity contribution in [3.05, 3.63) is 47.7 Å². The number of aryl methyl sites for hydroxylation is 1. The van der Waals surface area contributed by atoms with Crippen molar-refractivity contribution < 1.29 is 14.6 Å². The topological polar surface area (TPSA) is 38.7 Å². The van der Waals surface area contributed by atoms with Crippen molar-refractivity contribution in [2.24, 2.45) is 0 Å². The first-order valence-corrected chi connectivity index (χ1v) is 6.02. The average Bonchev–Trinajstić information content (AvgIpc) is 2.41. The number of rotatable bonds is 4. The highest BCUT2D eigenvalue weighted by Gasteiger charge is 2.18. The predicted octanol–water partition coefficient (Wildman–Crippen LogP) is 3.13. The van der Waals surface area contributed by atoms with Gasteiger partial charge in [-0.15, -0.1) is 0 Å². The van der Waals surface area contributed by atoms with Gasteiger partial charge >= 0.3 is 0 Å². The van der Waals surface area contributed by atoms with Crippen molar-refractivity contribution >= 4 is 0 Å². The normalized spacial score (nSPS) is 17.6. The van der Waals surface area contributed by atoms with Crippen molar-refractivity contribution in [2.75, 3.05) is 13.2 Å². The third-order valence-corrected chi connectivity index (χ3v) is 2.82. The van der Waals surface area contributed by atoms with Crippen LogP contribution in [0.1, 0.15) is 30.3 Å². The van der Waals surface area contributed by atoms with Crippen LogP contribution in [0.3, 0.4) is 0 Å². The van der Waals surface area contributed by atoms with Gasteiger partial charge in [0, 0.05) is 5.56 Å². The molecule has 1 N–H and O–H groups in total. The largest absolute Gasteiger partial charge is 0.516 e. The van der Waals surface area contributed by atoms with E-state index in [1.54, 1.807) is 6.08 Å². The molecule has 1 aliphatic rings. The fraction of sp³-hybridized carbons (Fsp3) is 0.429. The Hall–Kier alpha value is -1.32. The Kier molecular flexibility index (Phi) is 4.59. The van der Waals surface area contributed by atoms with Crippen molar-refractivity contribution in [2.45, 2.75) is 25.6 Å². The summed E-state index contributed by atoms with van der Waals surface area (Å²) in [4.78, 5) is 0. The Morgan fingerprint density at radius 1 is 1.24 bits per heavy atom. The van der Waals surface area contributed by atoms with Gasteiger partial charge in [-0.1, -0.05) is 24.3 Å². The van der Waals surface area contributed by atoms with Crippen LogP contribution in [0.4, 0.5) is 0 Å². The molecule has 1 heterocycles. The van der Waals surface area contributed by atoms with E-state index in [2.05, 4.69) is 6.07 Å². The number of allylic oxidation sites excluding steroid dienone is 1. The maximum absolute atomic E-state index is 8.63. The van der Waals surface area contributed by atoms with Gasteiger partial charge in [-0.25, -0.2) is 0 Å². The summed E-state index contributed by atoms with van der Waals surface area (Å²) in [5, 5.41) is 8.63. The molecule has 1 saturated heterocycles. The summed E-state index contributed by atoms with van der Waals surface area (Å²) in [6, 6.07) is 8.15. The van der Waals surface area contributed by atoms with Crippen molar-refractivity contribution in [3.63, 3.8) is 0 Å². The molecule has 0 aromatic heterocycles. The quantitative estimate of drug-likeness (QED) is 0.813. The number of hydrogen-bond acceptors (Lipinski definition) is 3. The third-order valence-electron chi connectivity index (χ3n) is 2.82. The van der Waals surface area contributed by atoms with E-state index in [-0.39, 0.29) is 6.29 Å². The Balaban J connectivity index is 2.08. The minimum Gasteiger partial charge on any atom is -0.516 e. The average molecular weight is 234 g/mol. The lowest BCUT2D eigenvalue weighted by Crippen LogP contribution is -2.18. The van der Waals surface area contributed by atoms with Gasteiger partial charge in [0.05, 0.1) is 19.5 Å². The first kappa shape index (κ1) is 12.1.